The Labute approximate surface area is 121 Å². The Morgan fingerprint density at radius 3 is 2.37 bits per heavy atom. The maximum absolute atomic E-state index is 11.4. The van der Waals surface area contributed by atoms with Crippen molar-refractivity contribution in [1.82, 2.24) is 4.90 Å². The largest absolute Gasteiger partial charge is 0.380 e. The molecule has 0 radical (unpaired) electrons. The molecule has 0 spiro atoms. The summed E-state index contributed by atoms with van der Waals surface area (Å²) in [6.07, 6.45) is 4.84. The Kier molecular flexibility index (Phi) is 8.38. The topological polar surface area (TPSA) is 46.6 Å². The third-order valence-corrected chi connectivity index (χ3v) is 4.29. The molecule has 0 N–H and O–H groups in total. The first-order chi connectivity index (χ1) is 8.76. The molecular formula is C13H24ClNO3S. The van der Waals surface area contributed by atoms with E-state index in [1.54, 1.807) is 19.3 Å². The Bertz CT molecular complexity index is 425. The lowest BCUT2D eigenvalue weighted by Gasteiger charge is -2.24. The minimum atomic E-state index is -3.70. The van der Waals surface area contributed by atoms with Crippen LogP contribution in [0.1, 0.15) is 33.6 Å². The van der Waals surface area contributed by atoms with E-state index < -0.39 is 9.05 Å². The number of ether oxygens (including phenoxy) is 1. The van der Waals surface area contributed by atoms with E-state index in [-0.39, 0.29) is 11.0 Å². The van der Waals surface area contributed by atoms with Gasteiger partial charge < -0.3 is 9.64 Å². The van der Waals surface area contributed by atoms with Crippen LogP contribution in [0.3, 0.4) is 0 Å². The van der Waals surface area contributed by atoms with Gasteiger partial charge in [0.15, 0.2) is 0 Å². The molecule has 0 aromatic rings. The highest BCUT2D eigenvalue weighted by Gasteiger charge is 2.14. The van der Waals surface area contributed by atoms with Crippen LogP contribution in [0.4, 0.5) is 0 Å². The first kappa shape index (κ1) is 18.5. The third-order valence-electron chi connectivity index (χ3n) is 2.91. The SMILES string of the molecule is CC/C=C(\C=C(/C)N(C)CC(CC)OC)S(=O)(=O)Cl. The summed E-state index contributed by atoms with van der Waals surface area (Å²) in [6, 6.07) is 0. The third kappa shape index (κ3) is 6.99. The fraction of sp³-hybridized carbons (Fsp3) is 0.692. The Hall–Kier alpha value is -0.520. The molecule has 4 nitrogen and oxygen atoms in total. The van der Waals surface area contributed by atoms with Gasteiger partial charge in [0.25, 0.3) is 9.05 Å². The summed E-state index contributed by atoms with van der Waals surface area (Å²) in [5.41, 5.74) is 0.833. The number of hydrogen-bond acceptors (Lipinski definition) is 4. The molecule has 0 rings (SSSR count). The number of methoxy groups -OCH3 is 1. The van der Waals surface area contributed by atoms with Crippen molar-refractivity contribution in [3.8, 4) is 0 Å². The maximum atomic E-state index is 11.4. The van der Waals surface area contributed by atoms with Crippen LogP contribution >= 0.6 is 10.7 Å². The van der Waals surface area contributed by atoms with E-state index in [1.807, 2.05) is 32.7 Å². The smallest absolute Gasteiger partial charge is 0.261 e. The Morgan fingerprint density at radius 1 is 1.42 bits per heavy atom. The molecule has 6 heteroatoms. The van der Waals surface area contributed by atoms with Crippen LogP contribution in [0.2, 0.25) is 0 Å². The normalized spacial score (nSPS) is 15.5. The monoisotopic (exact) mass is 309 g/mol. The van der Waals surface area contributed by atoms with Crippen molar-refractivity contribution in [2.24, 2.45) is 0 Å². The van der Waals surface area contributed by atoms with Gasteiger partial charge in [0.2, 0.25) is 0 Å². The van der Waals surface area contributed by atoms with Gasteiger partial charge in [-0.1, -0.05) is 19.9 Å². The molecule has 0 saturated carbocycles. The predicted octanol–water partition coefficient (Wildman–Crippen LogP) is 3.11. The molecule has 112 valence electrons. The van der Waals surface area contributed by atoms with Gasteiger partial charge in [-0.05, 0) is 25.8 Å². The van der Waals surface area contributed by atoms with Gasteiger partial charge in [-0.3, -0.25) is 0 Å². The van der Waals surface area contributed by atoms with Gasteiger partial charge in [-0.2, -0.15) is 0 Å². The lowest BCUT2D eigenvalue weighted by atomic mass is 10.2. The molecule has 0 bridgehead atoms. The van der Waals surface area contributed by atoms with Crippen molar-refractivity contribution in [2.75, 3.05) is 20.7 Å². The summed E-state index contributed by atoms with van der Waals surface area (Å²) in [5.74, 6) is 0. The quantitative estimate of drug-likeness (QED) is 0.510. The zero-order chi connectivity index (χ0) is 15.1. The van der Waals surface area contributed by atoms with E-state index in [4.69, 9.17) is 15.4 Å². The summed E-state index contributed by atoms with van der Waals surface area (Å²) >= 11 is 0. The predicted molar refractivity (Wildman–Crippen MR) is 80.6 cm³/mol. The first-order valence-corrected chi connectivity index (χ1v) is 8.64. The molecule has 0 aliphatic rings. The second-order valence-corrected chi connectivity index (χ2v) is 6.95. The van der Waals surface area contributed by atoms with E-state index in [2.05, 4.69) is 0 Å². The molecule has 0 saturated heterocycles. The second kappa shape index (κ2) is 8.61. The lowest BCUT2D eigenvalue weighted by Crippen LogP contribution is -2.29. The Morgan fingerprint density at radius 2 is 2.00 bits per heavy atom. The number of hydrogen-bond donors (Lipinski definition) is 0. The second-order valence-electron chi connectivity index (χ2n) is 4.38. The minimum absolute atomic E-state index is 0.125. The fourth-order valence-electron chi connectivity index (χ4n) is 1.57. The van der Waals surface area contributed by atoms with Gasteiger partial charge in [0.05, 0.1) is 11.0 Å². The zero-order valence-corrected chi connectivity index (χ0v) is 13.9. The van der Waals surface area contributed by atoms with E-state index in [1.165, 1.54) is 0 Å². The van der Waals surface area contributed by atoms with Crippen LogP contribution in [0.15, 0.2) is 22.8 Å². The number of rotatable bonds is 8. The molecule has 0 amide bonds. The molecule has 0 aliphatic heterocycles. The molecular weight excluding hydrogens is 286 g/mol. The summed E-state index contributed by atoms with van der Waals surface area (Å²) in [5, 5.41) is 0. The molecule has 0 heterocycles. The van der Waals surface area contributed by atoms with Crippen LogP contribution in [0.5, 0.6) is 0 Å². The Balaban J connectivity index is 5.01. The van der Waals surface area contributed by atoms with Crippen LogP contribution in [-0.4, -0.2) is 40.1 Å². The van der Waals surface area contributed by atoms with Crippen molar-refractivity contribution >= 4 is 19.7 Å². The van der Waals surface area contributed by atoms with Crippen molar-refractivity contribution in [2.45, 2.75) is 39.7 Å². The van der Waals surface area contributed by atoms with Crippen LogP contribution in [0, 0.1) is 0 Å². The summed E-state index contributed by atoms with van der Waals surface area (Å²) in [6.45, 7) is 6.48. The van der Waals surface area contributed by atoms with Gasteiger partial charge in [0.1, 0.15) is 0 Å². The van der Waals surface area contributed by atoms with Gasteiger partial charge >= 0.3 is 0 Å². The van der Waals surface area contributed by atoms with Crippen LogP contribution in [-0.2, 0) is 13.8 Å². The van der Waals surface area contributed by atoms with Crippen LogP contribution < -0.4 is 0 Å². The first-order valence-electron chi connectivity index (χ1n) is 6.33. The van der Waals surface area contributed by atoms with E-state index in [9.17, 15) is 8.42 Å². The minimum Gasteiger partial charge on any atom is -0.380 e. The van der Waals surface area contributed by atoms with Gasteiger partial charge in [-0.15, -0.1) is 0 Å². The number of nitrogens with zero attached hydrogens (tertiary/aromatic N) is 1. The maximum Gasteiger partial charge on any atom is 0.261 e. The molecule has 19 heavy (non-hydrogen) atoms. The molecule has 0 aromatic carbocycles. The molecule has 1 atom stereocenters. The molecule has 1 unspecified atom stereocenters. The molecule has 0 aromatic heterocycles. The highest BCUT2D eigenvalue weighted by atomic mass is 35.7. The van der Waals surface area contributed by atoms with Gasteiger partial charge in [-0.25, -0.2) is 8.42 Å². The fourth-order valence-corrected chi connectivity index (χ4v) is 2.57. The summed E-state index contributed by atoms with van der Waals surface area (Å²) in [4.78, 5) is 2.11. The van der Waals surface area contributed by atoms with Gasteiger partial charge in [0, 0.05) is 37.1 Å². The zero-order valence-electron chi connectivity index (χ0n) is 12.3. The van der Waals surface area contributed by atoms with Crippen molar-refractivity contribution in [3.05, 3.63) is 22.8 Å². The number of halogens is 1. The average Bonchev–Trinajstić information content (AvgIpc) is 2.33. The van der Waals surface area contributed by atoms with E-state index >= 15 is 0 Å². The average molecular weight is 310 g/mol. The highest BCUT2D eigenvalue weighted by Crippen LogP contribution is 2.17. The van der Waals surface area contributed by atoms with Crippen molar-refractivity contribution < 1.29 is 13.2 Å². The summed E-state index contributed by atoms with van der Waals surface area (Å²) < 4.78 is 28.2. The van der Waals surface area contributed by atoms with Crippen molar-refractivity contribution in [3.63, 3.8) is 0 Å². The highest BCUT2D eigenvalue weighted by molar-refractivity contribution is 8.17. The van der Waals surface area contributed by atoms with E-state index in [0.29, 0.717) is 13.0 Å². The number of likely N-dealkylation sites (N-methyl/N-ethyl adjacent to an activating group) is 1. The molecule has 0 fully saturated rings. The van der Waals surface area contributed by atoms with E-state index in [0.717, 1.165) is 12.1 Å². The molecule has 0 aliphatic carbocycles. The number of allylic oxidation sites excluding steroid dienone is 3. The lowest BCUT2D eigenvalue weighted by molar-refractivity contribution is 0.0773. The van der Waals surface area contributed by atoms with Crippen molar-refractivity contribution in [1.29, 1.82) is 0 Å². The summed E-state index contributed by atoms with van der Waals surface area (Å²) in [7, 11) is 5.28. The standard InChI is InChI=1S/C13H24ClNO3S/c1-6-8-13(19(14,16)17)9-11(3)15(4)10-12(7-2)18-5/h8-9,12H,6-7,10H2,1-5H3/b11-9+,13-8+. The van der Waals surface area contributed by atoms with Crippen LogP contribution in [0.25, 0.3) is 0 Å².